The van der Waals surface area contributed by atoms with E-state index in [0.29, 0.717) is 17.8 Å². The smallest absolute Gasteiger partial charge is 0.119 e. The summed E-state index contributed by atoms with van der Waals surface area (Å²) < 4.78 is 5.36. The van der Waals surface area contributed by atoms with Crippen molar-refractivity contribution >= 4 is 0 Å². The first-order valence-corrected chi connectivity index (χ1v) is 8.57. The lowest BCUT2D eigenvalue weighted by atomic mass is 9.55. The summed E-state index contributed by atoms with van der Waals surface area (Å²) in [6.07, 6.45) is 4.09. The van der Waals surface area contributed by atoms with E-state index < -0.39 is 12.2 Å². The Morgan fingerprint density at radius 2 is 2.05 bits per heavy atom. The number of rotatable bonds is 1. The molecule has 0 unspecified atom stereocenters. The van der Waals surface area contributed by atoms with Crippen LogP contribution in [0.25, 0.3) is 0 Å². The van der Waals surface area contributed by atoms with Gasteiger partial charge >= 0.3 is 0 Å². The lowest BCUT2D eigenvalue weighted by Crippen LogP contribution is -2.44. The highest BCUT2D eigenvalue weighted by molar-refractivity contribution is 5.40. The van der Waals surface area contributed by atoms with Crippen molar-refractivity contribution in [3.05, 3.63) is 29.3 Å². The van der Waals surface area contributed by atoms with E-state index in [2.05, 4.69) is 25.1 Å². The van der Waals surface area contributed by atoms with Gasteiger partial charge in [-0.3, -0.25) is 0 Å². The molecule has 1 aromatic carbocycles. The third-order valence-corrected chi connectivity index (χ3v) is 6.91. The Labute approximate surface area is 132 Å². The minimum absolute atomic E-state index is 0.0927. The fourth-order valence-corrected chi connectivity index (χ4v) is 5.67. The molecule has 4 rings (SSSR count). The average molecular weight is 302 g/mol. The summed E-state index contributed by atoms with van der Waals surface area (Å²) in [6, 6.07) is 6.51. The zero-order valence-electron chi connectivity index (χ0n) is 13.5. The monoisotopic (exact) mass is 302 g/mol. The maximum Gasteiger partial charge on any atom is 0.119 e. The predicted octanol–water partition coefficient (Wildman–Crippen LogP) is 2.88. The van der Waals surface area contributed by atoms with Crippen LogP contribution in [0.2, 0.25) is 0 Å². The minimum atomic E-state index is -0.546. The topological polar surface area (TPSA) is 49.7 Å². The van der Waals surface area contributed by atoms with E-state index in [1.165, 1.54) is 17.5 Å². The van der Waals surface area contributed by atoms with Gasteiger partial charge < -0.3 is 14.9 Å². The number of aryl methyl sites for hydroxylation is 1. The van der Waals surface area contributed by atoms with Gasteiger partial charge in [-0.25, -0.2) is 0 Å². The van der Waals surface area contributed by atoms with Crippen LogP contribution in [0.5, 0.6) is 5.75 Å². The molecule has 3 nitrogen and oxygen atoms in total. The van der Waals surface area contributed by atoms with Crippen LogP contribution < -0.4 is 4.74 Å². The van der Waals surface area contributed by atoms with Crippen LogP contribution in [0.15, 0.2) is 18.2 Å². The Hall–Kier alpha value is -1.06. The lowest BCUT2D eigenvalue weighted by molar-refractivity contribution is -0.0505. The molecule has 2 N–H and O–H groups in total. The van der Waals surface area contributed by atoms with Gasteiger partial charge in [0.05, 0.1) is 19.3 Å². The molecule has 22 heavy (non-hydrogen) atoms. The van der Waals surface area contributed by atoms with Gasteiger partial charge in [-0.05, 0) is 78.5 Å². The van der Waals surface area contributed by atoms with E-state index in [4.69, 9.17) is 4.74 Å². The van der Waals surface area contributed by atoms with Gasteiger partial charge in [0.1, 0.15) is 5.75 Å². The molecule has 0 aromatic heterocycles. The fourth-order valence-electron chi connectivity index (χ4n) is 5.67. The molecule has 3 heteroatoms. The molecule has 0 heterocycles. The summed E-state index contributed by atoms with van der Waals surface area (Å²) in [6.45, 7) is 2.19. The second-order valence-electron chi connectivity index (χ2n) is 7.77. The van der Waals surface area contributed by atoms with Gasteiger partial charge in [-0.15, -0.1) is 0 Å². The molecule has 0 spiro atoms. The van der Waals surface area contributed by atoms with Crippen molar-refractivity contribution in [3.63, 3.8) is 0 Å². The van der Waals surface area contributed by atoms with Crippen LogP contribution in [0, 0.1) is 17.3 Å². The Balaban J connectivity index is 1.69. The SMILES string of the molecule is COc1ccc2c(c1)CC[C@@H]1[C@@H]2CC[C@@]2(C)[C@@H](O)[C@H](O)C[C@@H]12. The third kappa shape index (κ3) is 1.88. The predicted molar refractivity (Wildman–Crippen MR) is 85.0 cm³/mol. The van der Waals surface area contributed by atoms with Crippen LogP contribution in [0.3, 0.4) is 0 Å². The van der Waals surface area contributed by atoms with Crippen molar-refractivity contribution in [1.29, 1.82) is 0 Å². The molecular weight excluding hydrogens is 276 g/mol. The second kappa shape index (κ2) is 4.97. The molecule has 0 saturated heterocycles. The van der Waals surface area contributed by atoms with Gasteiger partial charge in [0, 0.05) is 0 Å². The third-order valence-electron chi connectivity index (χ3n) is 6.91. The van der Waals surface area contributed by atoms with Gasteiger partial charge in [0.2, 0.25) is 0 Å². The average Bonchev–Trinajstić information content (AvgIpc) is 2.77. The standard InChI is InChI=1S/C19H26O3/c1-19-8-7-14-13-6-4-12(22-2)9-11(13)3-5-15(14)16(19)10-17(20)18(19)21/h4,6,9,14-18,20-21H,3,5,7-8,10H2,1-2H3/t14-,15-,16+,17-,18+,19-/m1/s1. The highest BCUT2D eigenvalue weighted by atomic mass is 16.5. The van der Waals surface area contributed by atoms with E-state index in [1.807, 2.05) is 0 Å². The van der Waals surface area contributed by atoms with Crippen LogP contribution in [-0.2, 0) is 6.42 Å². The van der Waals surface area contributed by atoms with E-state index in [-0.39, 0.29) is 5.41 Å². The first kappa shape index (κ1) is 14.5. The van der Waals surface area contributed by atoms with Crippen LogP contribution in [0.4, 0.5) is 0 Å². The van der Waals surface area contributed by atoms with Gasteiger partial charge in [-0.2, -0.15) is 0 Å². The quantitative estimate of drug-likeness (QED) is 0.838. The van der Waals surface area contributed by atoms with Crippen molar-refractivity contribution in [2.75, 3.05) is 7.11 Å². The van der Waals surface area contributed by atoms with Gasteiger partial charge in [0.25, 0.3) is 0 Å². The normalized spacial score (nSPS) is 43.2. The van der Waals surface area contributed by atoms with Crippen molar-refractivity contribution in [2.24, 2.45) is 17.3 Å². The molecule has 3 aliphatic carbocycles. The summed E-state index contributed by atoms with van der Waals surface area (Å²) in [5.74, 6) is 2.59. The van der Waals surface area contributed by atoms with Gasteiger partial charge in [0.15, 0.2) is 0 Å². The van der Waals surface area contributed by atoms with Crippen LogP contribution in [-0.4, -0.2) is 29.5 Å². The number of hydrogen-bond acceptors (Lipinski definition) is 3. The number of aliphatic hydroxyl groups excluding tert-OH is 2. The molecular formula is C19H26O3. The summed E-state index contributed by atoms with van der Waals surface area (Å²) in [4.78, 5) is 0. The Morgan fingerprint density at radius 3 is 2.82 bits per heavy atom. The van der Waals surface area contributed by atoms with E-state index in [9.17, 15) is 10.2 Å². The zero-order valence-corrected chi connectivity index (χ0v) is 13.5. The molecule has 3 aliphatic rings. The molecule has 1 aromatic rings. The molecule has 6 atom stereocenters. The first-order valence-electron chi connectivity index (χ1n) is 8.57. The van der Waals surface area contributed by atoms with Crippen molar-refractivity contribution < 1.29 is 14.9 Å². The second-order valence-corrected chi connectivity index (χ2v) is 7.77. The van der Waals surface area contributed by atoms with Crippen LogP contribution in [0.1, 0.15) is 49.7 Å². The summed E-state index contributed by atoms with van der Waals surface area (Å²) in [5.41, 5.74) is 2.82. The maximum atomic E-state index is 10.4. The Kier molecular flexibility index (Phi) is 3.28. The molecule has 120 valence electrons. The summed E-state index contributed by atoms with van der Waals surface area (Å²) in [7, 11) is 1.72. The zero-order chi connectivity index (χ0) is 15.5. The minimum Gasteiger partial charge on any atom is -0.497 e. The number of ether oxygens (including phenoxy) is 1. The van der Waals surface area contributed by atoms with E-state index in [1.54, 1.807) is 7.11 Å². The molecule has 2 fully saturated rings. The number of fused-ring (bicyclic) bond motifs is 5. The fraction of sp³-hybridized carbons (Fsp3) is 0.684. The number of methoxy groups -OCH3 is 1. The largest absolute Gasteiger partial charge is 0.497 e. The first-order chi connectivity index (χ1) is 10.5. The maximum absolute atomic E-state index is 10.4. The molecule has 0 aliphatic heterocycles. The Morgan fingerprint density at radius 1 is 1.23 bits per heavy atom. The van der Waals surface area contributed by atoms with Crippen molar-refractivity contribution in [1.82, 2.24) is 0 Å². The number of aliphatic hydroxyl groups is 2. The molecule has 0 amide bonds. The van der Waals surface area contributed by atoms with E-state index >= 15 is 0 Å². The molecule has 2 saturated carbocycles. The summed E-state index contributed by atoms with van der Waals surface area (Å²) in [5, 5.41) is 20.6. The molecule has 0 radical (unpaired) electrons. The van der Waals surface area contributed by atoms with Crippen molar-refractivity contribution in [2.45, 2.75) is 57.2 Å². The lowest BCUT2D eigenvalue weighted by Gasteiger charge is -2.49. The number of benzene rings is 1. The highest BCUT2D eigenvalue weighted by Crippen LogP contribution is 2.60. The van der Waals surface area contributed by atoms with E-state index in [0.717, 1.165) is 31.4 Å². The summed E-state index contributed by atoms with van der Waals surface area (Å²) >= 11 is 0. The number of hydrogen-bond donors (Lipinski definition) is 2. The van der Waals surface area contributed by atoms with Crippen molar-refractivity contribution in [3.8, 4) is 5.75 Å². The Bertz CT molecular complexity index is 584. The van der Waals surface area contributed by atoms with Crippen LogP contribution >= 0.6 is 0 Å². The molecule has 0 bridgehead atoms. The van der Waals surface area contributed by atoms with Gasteiger partial charge in [-0.1, -0.05) is 13.0 Å². The highest BCUT2D eigenvalue weighted by Gasteiger charge is 2.57.